The van der Waals surface area contributed by atoms with Gasteiger partial charge in [0, 0.05) is 0 Å². The van der Waals surface area contributed by atoms with Crippen molar-refractivity contribution in [2.75, 3.05) is 13.7 Å². The highest BCUT2D eigenvalue weighted by Gasteiger charge is 2.49. The highest BCUT2D eigenvalue weighted by Crippen LogP contribution is 2.38. The quantitative estimate of drug-likeness (QED) is 0.573. The van der Waals surface area contributed by atoms with Gasteiger partial charge < -0.3 is 14.2 Å². The molecule has 0 amide bonds. The minimum atomic E-state index is -1.25. The lowest BCUT2D eigenvalue weighted by Crippen LogP contribution is -2.53. The molecule has 5 nitrogen and oxygen atoms in total. The fourth-order valence-electron chi connectivity index (χ4n) is 2.40. The van der Waals surface area contributed by atoms with Gasteiger partial charge in [0.05, 0.1) is 19.1 Å². The topological polar surface area (TPSA) is 61.8 Å². The Morgan fingerprint density at radius 3 is 2.45 bits per heavy atom. The molecule has 0 bridgehead atoms. The molecule has 1 saturated heterocycles. The third kappa shape index (κ3) is 4.34. The van der Waals surface area contributed by atoms with Crippen LogP contribution in [0.2, 0.25) is 0 Å². The molecule has 0 spiro atoms. The molecular formula is C15H24O5. The summed E-state index contributed by atoms with van der Waals surface area (Å²) in [6, 6.07) is 0. The van der Waals surface area contributed by atoms with Crippen LogP contribution in [0.25, 0.3) is 0 Å². The minimum absolute atomic E-state index is 0.123. The predicted molar refractivity (Wildman–Crippen MR) is 74.2 cm³/mol. The lowest BCUT2D eigenvalue weighted by Gasteiger charge is -2.43. The second-order valence-electron chi connectivity index (χ2n) is 6.00. The van der Waals surface area contributed by atoms with Crippen LogP contribution in [0.15, 0.2) is 12.2 Å². The van der Waals surface area contributed by atoms with Crippen molar-refractivity contribution < 1.29 is 23.8 Å². The van der Waals surface area contributed by atoms with Gasteiger partial charge >= 0.3 is 11.9 Å². The summed E-state index contributed by atoms with van der Waals surface area (Å²) >= 11 is 0. The molecule has 1 heterocycles. The number of hydrogen-bond donors (Lipinski definition) is 0. The Kier molecular flexibility index (Phi) is 5.34. The van der Waals surface area contributed by atoms with E-state index in [-0.39, 0.29) is 13.0 Å². The van der Waals surface area contributed by atoms with Gasteiger partial charge in [-0.1, -0.05) is 6.58 Å². The van der Waals surface area contributed by atoms with Crippen molar-refractivity contribution >= 4 is 11.9 Å². The van der Waals surface area contributed by atoms with Gasteiger partial charge in [-0.15, -0.1) is 0 Å². The van der Waals surface area contributed by atoms with E-state index >= 15 is 0 Å². The van der Waals surface area contributed by atoms with Gasteiger partial charge in [-0.2, -0.15) is 0 Å². The molecule has 0 aromatic heterocycles. The Balaban J connectivity index is 2.91. The fraction of sp³-hybridized carbons (Fsp3) is 0.733. The van der Waals surface area contributed by atoms with E-state index in [1.165, 1.54) is 7.11 Å². The number of ether oxygens (including phenoxy) is 3. The van der Waals surface area contributed by atoms with Crippen LogP contribution >= 0.6 is 0 Å². The smallest absolute Gasteiger partial charge is 0.339 e. The first kappa shape index (κ1) is 16.7. The molecule has 1 aliphatic heterocycles. The van der Waals surface area contributed by atoms with Crippen LogP contribution in [-0.4, -0.2) is 36.9 Å². The molecule has 20 heavy (non-hydrogen) atoms. The zero-order chi connectivity index (χ0) is 15.4. The maximum atomic E-state index is 12.4. The van der Waals surface area contributed by atoms with Crippen molar-refractivity contribution in [3.63, 3.8) is 0 Å². The van der Waals surface area contributed by atoms with Gasteiger partial charge in [0.1, 0.15) is 6.61 Å². The monoisotopic (exact) mass is 284 g/mol. The summed E-state index contributed by atoms with van der Waals surface area (Å²) in [7, 11) is 1.29. The zero-order valence-corrected chi connectivity index (χ0v) is 12.8. The molecular weight excluding hydrogens is 260 g/mol. The largest absolute Gasteiger partial charge is 0.469 e. The molecule has 0 aliphatic carbocycles. The lowest BCUT2D eigenvalue weighted by molar-refractivity contribution is -0.211. The van der Waals surface area contributed by atoms with Gasteiger partial charge in [0.2, 0.25) is 0 Å². The number of esters is 2. The highest BCUT2D eigenvalue weighted by atomic mass is 16.6. The Hall–Kier alpha value is -1.36. The summed E-state index contributed by atoms with van der Waals surface area (Å²) in [5.41, 5.74) is -0.972. The van der Waals surface area contributed by atoms with Gasteiger partial charge in [-0.05, 0) is 45.6 Å². The SMILES string of the molecule is C=C(C)COC(=O)C1(CC(=O)OC)CCCC(C)(C)O1. The molecule has 1 unspecified atom stereocenters. The number of carbonyl (C=O) groups is 2. The first-order valence-corrected chi connectivity index (χ1v) is 6.79. The van der Waals surface area contributed by atoms with Crippen LogP contribution < -0.4 is 0 Å². The van der Waals surface area contributed by atoms with Crippen LogP contribution in [0.5, 0.6) is 0 Å². The minimum Gasteiger partial charge on any atom is -0.469 e. The van der Waals surface area contributed by atoms with Crippen molar-refractivity contribution in [3.05, 3.63) is 12.2 Å². The molecule has 0 radical (unpaired) electrons. The molecule has 0 N–H and O–H groups in total. The van der Waals surface area contributed by atoms with Crippen molar-refractivity contribution in [3.8, 4) is 0 Å². The molecule has 0 aromatic rings. The second kappa shape index (κ2) is 6.39. The van der Waals surface area contributed by atoms with E-state index in [2.05, 4.69) is 11.3 Å². The Morgan fingerprint density at radius 1 is 1.30 bits per heavy atom. The van der Waals surface area contributed by atoms with Crippen LogP contribution in [0.1, 0.15) is 46.5 Å². The molecule has 114 valence electrons. The first-order valence-electron chi connectivity index (χ1n) is 6.79. The summed E-state index contributed by atoms with van der Waals surface area (Å²) in [4.78, 5) is 24.0. The van der Waals surface area contributed by atoms with E-state index in [0.29, 0.717) is 6.42 Å². The zero-order valence-electron chi connectivity index (χ0n) is 12.8. The summed E-state index contributed by atoms with van der Waals surface area (Å²) < 4.78 is 15.8. The Bertz CT molecular complexity index is 399. The van der Waals surface area contributed by atoms with Crippen LogP contribution in [-0.2, 0) is 23.8 Å². The summed E-state index contributed by atoms with van der Waals surface area (Å²) in [5.74, 6) is -0.992. The third-order valence-corrected chi connectivity index (χ3v) is 3.31. The van der Waals surface area contributed by atoms with Crippen molar-refractivity contribution in [2.24, 2.45) is 0 Å². The van der Waals surface area contributed by atoms with Crippen LogP contribution in [0, 0.1) is 0 Å². The number of hydrogen-bond acceptors (Lipinski definition) is 5. The molecule has 0 aromatic carbocycles. The highest BCUT2D eigenvalue weighted by molar-refractivity contribution is 5.86. The summed E-state index contributed by atoms with van der Waals surface area (Å²) in [6.45, 7) is 9.41. The average molecular weight is 284 g/mol. The van der Waals surface area contributed by atoms with Crippen molar-refractivity contribution in [2.45, 2.75) is 57.7 Å². The summed E-state index contributed by atoms with van der Waals surface area (Å²) in [5, 5.41) is 0. The van der Waals surface area contributed by atoms with E-state index in [0.717, 1.165) is 18.4 Å². The first-order chi connectivity index (χ1) is 9.21. The predicted octanol–water partition coefficient (Wildman–Crippen LogP) is 2.39. The lowest BCUT2D eigenvalue weighted by atomic mass is 9.84. The van der Waals surface area contributed by atoms with Crippen LogP contribution in [0.3, 0.4) is 0 Å². The van der Waals surface area contributed by atoms with E-state index in [4.69, 9.17) is 9.47 Å². The number of carbonyl (C=O) groups excluding carboxylic acids is 2. The van der Waals surface area contributed by atoms with E-state index < -0.39 is 23.1 Å². The van der Waals surface area contributed by atoms with Gasteiger partial charge in [-0.3, -0.25) is 4.79 Å². The Morgan fingerprint density at radius 2 is 1.95 bits per heavy atom. The Labute approximate surface area is 120 Å². The third-order valence-electron chi connectivity index (χ3n) is 3.31. The molecule has 5 heteroatoms. The molecule has 1 rings (SSSR count). The van der Waals surface area contributed by atoms with Crippen LogP contribution in [0.4, 0.5) is 0 Å². The normalized spacial score (nSPS) is 24.8. The van der Waals surface area contributed by atoms with E-state index in [1.54, 1.807) is 6.92 Å². The number of methoxy groups -OCH3 is 1. The van der Waals surface area contributed by atoms with E-state index in [1.807, 2.05) is 13.8 Å². The molecule has 1 fully saturated rings. The fourth-order valence-corrected chi connectivity index (χ4v) is 2.40. The maximum Gasteiger partial charge on any atom is 0.339 e. The van der Waals surface area contributed by atoms with Gasteiger partial charge in [0.15, 0.2) is 5.60 Å². The molecule has 1 atom stereocenters. The summed E-state index contributed by atoms with van der Waals surface area (Å²) in [6.07, 6.45) is 1.97. The molecule has 1 aliphatic rings. The van der Waals surface area contributed by atoms with E-state index in [9.17, 15) is 9.59 Å². The second-order valence-corrected chi connectivity index (χ2v) is 6.00. The van der Waals surface area contributed by atoms with Gasteiger partial charge in [-0.25, -0.2) is 4.79 Å². The average Bonchev–Trinajstić information content (AvgIpc) is 2.34. The van der Waals surface area contributed by atoms with Gasteiger partial charge in [0.25, 0.3) is 0 Å². The molecule has 0 saturated carbocycles. The van der Waals surface area contributed by atoms with Crippen molar-refractivity contribution in [1.82, 2.24) is 0 Å². The van der Waals surface area contributed by atoms with Crippen molar-refractivity contribution in [1.29, 1.82) is 0 Å². The maximum absolute atomic E-state index is 12.4. The standard InChI is InChI=1S/C15H24O5/c1-11(2)10-19-13(17)15(9-12(16)18-5)8-6-7-14(3,4)20-15/h1,6-10H2,2-5H3. The number of rotatable bonds is 5.